The highest BCUT2D eigenvalue weighted by molar-refractivity contribution is 5.82. The van der Waals surface area contributed by atoms with E-state index in [1.807, 2.05) is 13.8 Å². The molecule has 0 spiro atoms. The van der Waals surface area contributed by atoms with E-state index >= 15 is 0 Å². The number of carbonyl (C=O) groups excluding carboxylic acids is 1. The van der Waals surface area contributed by atoms with E-state index in [2.05, 4.69) is 5.32 Å². The first-order valence-corrected chi connectivity index (χ1v) is 6.10. The Morgan fingerprint density at radius 2 is 1.65 bits per heavy atom. The van der Waals surface area contributed by atoms with Gasteiger partial charge in [0.25, 0.3) is 0 Å². The van der Waals surface area contributed by atoms with Crippen molar-refractivity contribution in [3.8, 4) is 0 Å². The number of carboxylic acids is 1. The maximum absolute atomic E-state index is 11.9. The summed E-state index contributed by atoms with van der Waals surface area (Å²) in [4.78, 5) is 24.3. The molecule has 0 aromatic heterocycles. The van der Waals surface area contributed by atoms with Gasteiger partial charge in [-0.3, -0.25) is 14.5 Å². The van der Waals surface area contributed by atoms with Crippen LogP contribution >= 0.6 is 0 Å². The molecule has 0 saturated heterocycles. The van der Waals surface area contributed by atoms with E-state index in [1.165, 1.54) is 0 Å². The van der Waals surface area contributed by atoms with Crippen LogP contribution in [0.25, 0.3) is 0 Å². The van der Waals surface area contributed by atoms with Crippen LogP contribution in [0.5, 0.6) is 0 Å². The van der Waals surface area contributed by atoms with E-state index in [0.29, 0.717) is 0 Å². The second-order valence-electron chi connectivity index (χ2n) is 4.38. The molecule has 17 heavy (non-hydrogen) atoms. The predicted molar refractivity (Wildman–Crippen MR) is 66.8 cm³/mol. The van der Waals surface area contributed by atoms with Crippen LogP contribution in [0.3, 0.4) is 0 Å². The Hall–Kier alpha value is -1.10. The Kier molecular flexibility index (Phi) is 6.80. The van der Waals surface area contributed by atoms with Crippen LogP contribution in [0, 0.1) is 0 Å². The third-order valence-electron chi connectivity index (χ3n) is 3.29. The van der Waals surface area contributed by atoms with Crippen LogP contribution in [0.1, 0.15) is 40.5 Å². The Balaban J connectivity index is 4.43. The number of amides is 1. The van der Waals surface area contributed by atoms with Gasteiger partial charge in [-0.2, -0.15) is 0 Å². The quantitative estimate of drug-likeness (QED) is 0.703. The number of rotatable bonds is 7. The molecule has 5 heteroatoms. The van der Waals surface area contributed by atoms with Gasteiger partial charge in [-0.15, -0.1) is 0 Å². The minimum absolute atomic E-state index is 0.116. The van der Waals surface area contributed by atoms with Crippen LogP contribution in [0.4, 0.5) is 0 Å². The second-order valence-corrected chi connectivity index (χ2v) is 4.38. The van der Waals surface area contributed by atoms with Crippen LogP contribution in [-0.2, 0) is 9.59 Å². The van der Waals surface area contributed by atoms with Crippen molar-refractivity contribution in [2.75, 3.05) is 7.05 Å². The summed E-state index contributed by atoms with van der Waals surface area (Å²) in [5.74, 6) is -1.04. The largest absolute Gasteiger partial charge is 0.480 e. The molecule has 2 unspecified atom stereocenters. The van der Waals surface area contributed by atoms with Crippen LogP contribution < -0.4 is 5.32 Å². The topological polar surface area (TPSA) is 69.6 Å². The lowest BCUT2D eigenvalue weighted by molar-refractivity contribution is -0.143. The van der Waals surface area contributed by atoms with E-state index in [4.69, 9.17) is 5.11 Å². The highest BCUT2D eigenvalue weighted by atomic mass is 16.4. The molecule has 0 saturated carbocycles. The molecule has 0 heterocycles. The highest BCUT2D eigenvalue weighted by Crippen LogP contribution is 2.05. The summed E-state index contributed by atoms with van der Waals surface area (Å²) in [5, 5.41) is 11.8. The molecule has 0 aliphatic heterocycles. The second kappa shape index (κ2) is 7.27. The first-order valence-electron chi connectivity index (χ1n) is 6.10. The monoisotopic (exact) mass is 244 g/mol. The third kappa shape index (κ3) is 4.73. The Labute approximate surface area is 103 Å². The van der Waals surface area contributed by atoms with Gasteiger partial charge in [-0.05, 0) is 33.7 Å². The van der Waals surface area contributed by atoms with Gasteiger partial charge in [0, 0.05) is 6.04 Å². The average Bonchev–Trinajstić information content (AvgIpc) is 2.32. The molecule has 1 amide bonds. The van der Waals surface area contributed by atoms with Gasteiger partial charge in [0.2, 0.25) is 5.91 Å². The van der Waals surface area contributed by atoms with E-state index in [1.54, 1.807) is 25.8 Å². The number of carbonyl (C=O) groups is 2. The van der Waals surface area contributed by atoms with Crippen molar-refractivity contribution in [3.63, 3.8) is 0 Å². The van der Waals surface area contributed by atoms with Gasteiger partial charge in [0.05, 0.1) is 6.04 Å². The molecule has 0 fully saturated rings. The molecule has 0 aliphatic rings. The fraction of sp³-hybridized carbons (Fsp3) is 0.833. The molecule has 0 aromatic carbocycles. The molecule has 100 valence electrons. The lowest BCUT2D eigenvalue weighted by Gasteiger charge is -2.28. The fourth-order valence-electron chi connectivity index (χ4n) is 1.51. The normalized spacial score (nSPS) is 14.8. The van der Waals surface area contributed by atoms with Crippen molar-refractivity contribution in [2.24, 2.45) is 0 Å². The lowest BCUT2D eigenvalue weighted by Crippen LogP contribution is -2.51. The number of hydrogen-bond donors (Lipinski definition) is 2. The molecular weight excluding hydrogens is 220 g/mol. The minimum atomic E-state index is -0.922. The van der Waals surface area contributed by atoms with Crippen molar-refractivity contribution in [1.29, 1.82) is 0 Å². The van der Waals surface area contributed by atoms with Gasteiger partial charge in [-0.25, -0.2) is 0 Å². The Morgan fingerprint density at radius 1 is 1.18 bits per heavy atom. The summed E-state index contributed by atoms with van der Waals surface area (Å²) in [6.45, 7) is 7.33. The van der Waals surface area contributed by atoms with Gasteiger partial charge >= 0.3 is 5.97 Å². The number of aliphatic carboxylic acids is 1. The molecule has 2 N–H and O–H groups in total. The maximum Gasteiger partial charge on any atom is 0.320 e. The summed E-state index contributed by atoms with van der Waals surface area (Å²) < 4.78 is 0. The van der Waals surface area contributed by atoms with Gasteiger partial charge in [0.15, 0.2) is 0 Å². The summed E-state index contributed by atoms with van der Waals surface area (Å²) in [6, 6.07) is -0.947. The number of hydrogen-bond acceptors (Lipinski definition) is 3. The van der Waals surface area contributed by atoms with Crippen LogP contribution in [0.15, 0.2) is 0 Å². The first-order chi connectivity index (χ1) is 7.84. The van der Waals surface area contributed by atoms with Crippen molar-refractivity contribution in [1.82, 2.24) is 10.2 Å². The average molecular weight is 244 g/mol. The summed E-state index contributed by atoms with van der Waals surface area (Å²) >= 11 is 0. The molecule has 0 aromatic rings. The minimum Gasteiger partial charge on any atom is -0.480 e. The summed E-state index contributed by atoms with van der Waals surface area (Å²) in [6.07, 6.45) is 1.76. The number of carboxylic acid groups (broad SMARTS) is 1. The summed E-state index contributed by atoms with van der Waals surface area (Å²) in [5.41, 5.74) is 0. The SMILES string of the molecule is CCC(CC)NC(=O)C(C)N(C)C(C)C(=O)O. The Bertz CT molecular complexity index is 264. The molecular formula is C12H24N2O3. The molecule has 0 bridgehead atoms. The predicted octanol–water partition coefficient (Wildman–Crippen LogP) is 1.08. The van der Waals surface area contributed by atoms with Gasteiger partial charge in [-0.1, -0.05) is 13.8 Å². The van der Waals surface area contributed by atoms with Crippen molar-refractivity contribution >= 4 is 11.9 Å². The lowest BCUT2D eigenvalue weighted by atomic mass is 10.1. The zero-order valence-electron chi connectivity index (χ0n) is 11.4. The third-order valence-corrected chi connectivity index (χ3v) is 3.29. The van der Waals surface area contributed by atoms with E-state index in [9.17, 15) is 9.59 Å². The van der Waals surface area contributed by atoms with Crippen molar-refractivity contribution < 1.29 is 14.7 Å². The zero-order chi connectivity index (χ0) is 13.6. The number of likely N-dealkylation sites (N-methyl/N-ethyl adjacent to an activating group) is 1. The van der Waals surface area contributed by atoms with E-state index in [0.717, 1.165) is 12.8 Å². The number of nitrogens with zero attached hydrogens (tertiary/aromatic N) is 1. The smallest absolute Gasteiger partial charge is 0.320 e. The van der Waals surface area contributed by atoms with Gasteiger partial charge < -0.3 is 10.4 Å². The highest BCUT2D eigenvalue weighted by Gasteiger charge is 2.26. The standard InChI is InChI=1S/C12H24N2O3/c1-6-10(7-2)13-11(15)8(3)14(5)9(4)12(16)17/h8-10H,6-7H2,1-5H3,(H,13,15)(H,16,17). The van der Waals surface area contributed by atoms with Gasteiger partial charge in [0.1, 0.15) is 6.04 Å². The van der Waals surface area contributed by atoms with E-state index in [-0.39, 0.29) is 11.9 Å². The summed E-state index contributed by atoms with van der Waals surface area (Å²) in [7, 11) is 1.65. The molecule has 0 radical (unpaired) electrons. The van der Waals surface area contributed by atoms with Crippen LogP contribution in [-0.4, -0.2) is 47.1 Å². The van der Waals surface area contributed by atoms with Crippen molar-refractivity contribution in [2.45, 2.75) is 58.7 Å². The van der Waals surface area contributed by atoms with Crippen molar-refractivity contribution in [3.05, 3.63) is 0 Å². The van der Waals surface area contributed by atoms with Crippen LogP contribution in [0.2, 0.25) is 0 Å². The molecule has 2 atom stereocenters. The first kappa shape index (κ1) is 15.9. The Morgan fingerprint density at radius 3 is 2.00 bits per heavy atom. The molecule has 5 nitrogen and oxygen atoms in total. The zero-order valence-corrected chi connectivity index (χ0v) is 11.4. The van der Waals surface area contributed by atoms with E-state index < -0.39 is 18.1 Å². The molecule has 0 rings (SSSR count). The number of nitrogens with one attached hydrogen (secondary N) is 1. The maximum atomic E-state index is 11.9. The molecule has 0 aliphatic carbocycles. The fourth-order valence-corrected chi connectivity index (χ4v) is 1.51.